The second-order valence-corrected chi connectivity index (χ2v) is 7.58. The van der Waals surface area contributed by atoms with E-state index in [4.69, 9.17) is 44.1 Å². The molecular formula is C20H12Cl2N2O5. The predicted octanol–water partition coefficient (Wildman–Crippen LogP) is 4.14. The number of nitrogen functional groups attached to an aromatic ring is 2. The summed E-state index contributed by atoms with van der Waals surface area (Å²) in [4.78, 5) is 12.9. The number of aromatic hydroxyl groups is 2. The van der Waals surface area contributed by atoms with Crippen LogP contribution >= 0.6 is 23.2 Å². The summed E-state index contributed by atoms with van der Waals surface area (Å²) in [7, 11) is 0. The Morgan fingerprint density at radius 2 is 1.41 bits per heavy atom. The van der Waals surface area contributed by atoms with E-state index in [-0.39, 0.29) is 50.0 Å². The van der Waals surface area contributed by atoms with E-state index in [2.05, 4.69) is 0 Å². The molecule has 2 heterocycles. The van der Waals surface area contributed by atoms with Gasteiger partial charge in [-0.3, -0.25) is 0 Å². The van der Waals surface area contributed by atoms with Crippen molar-refractivity contribution in [2.24, 2.45) is 0 Å². The van der Waals surface area contributed by atoms with Gasteiger partial charge in [-0.1, -0.05) is 29.3 Å². The molecule has 0 aliphatic carbocycles. The van der Waals surface area contributed by atoms with Gasteiger partial charge in [-0.2, -0.15) is 0 Å². The van der Waals surface area contributed by atoms with Crippen LogP contribution in [0.5, 0.6) is 23.0 Å². The predicted molar refractivity (Wildman–Crippen MR) is 107 cm³/mol. The van der Waals surface area contributed by atoms with Gasteiger partial charge in [-0.15, -0.1) is 0 Å². The van der Waals surface area contributed by atoms with Crippen molar-refractivity contribution in [1.82, 2.24) is 0 Å². The molecule has 0 saturated carbocycles. The normalized spacial score (nSPS) is 15.3. The van der Waals surface area contributed by atoms with E-state index in [9.17, 15) is 15.0 Å². The summed E-state index contributed by atoms with van der Waals surface area (Å²) in [5.41, 5.74) is 12.1. The van der Waals surface area contributed by atoms with Crippen LogP contribution < -0.4 is 16.2 Å². The van der Waals surface area contributed by atoms with Crippen LogP contribution in [0.1, 0.15) is 27.0 Å². The number of benzene rings is 3. The molecule has 6 N–H and O–H groups in total. The van der Waals surface area contributed by atoms with Crippen LogP contribution in [0.2, 0.25) is 10.0 Å². The van der Waals surface area contributed by atoms with Gasteiger partial charge in [0.25, 0.3) is 0 Å². The summed E-state index contributed by atoms with van der Waals surface area (Å²) in [5.74, 6) is -0.738. The van der Waals surface area contributed by atoms with Crippen LogP contribution in [0.25, 0.3) is 0 Å². The lowest BCUT2D eigenvalue weighted by Gasteiger charge is -2.36. The van der Waals surface area contributed by atoms with Gasteiger partial charge in [0.05, 0.1) is 27.0 Å². The van der Waals surface area contributed by atoms with Crippen LogP contribution in [0.3, 0.4) is 0 Å². The first-order valence-electron chi connectivity index (χ1n) is 8.39. The van der Waals surface area contributed by atoms with E-state index in [1.165, 1.54) is 24.3 Å². The number of hydrogen-bond donors (Lipinski definition) is 4. The van der Waals surface area contributed by atoms with Crippen molar-refractivity contribution in [3.05, 3.63) is 68.7 Å². The number of carbonyl (C=O) groups is 1. The van der Waals surface area contributed by atoms with Crippen LogP contribution in [0, 0.1) is 0 Å². The molecule has 0 atom stereocenters. The van der Waals surface area contributed by atoms with Crippen LogP contribution in [-0.2, 0) is 10.3 Å². The van der Waals surface area contributed by atoms with Gasteiger partial charge < -0.3 is 31.2 Å². The van der Waals surface area contributed by atoms with Crippen LogP contribution in [0.15, 0.2) is 36.4 Å². The van der Waals surface area contributed by atoms with E-state index in [1.54, 1.807) is 12.1 Å². The number of phenols is 2. The van der Waals surface area contributed by atoms with Crippen molar-refractivity contribution in [2.45, 2.75) is 5.60 Å². The molecule has 3 aromatic rings. The van der Waals surface area contributed by atoms with Crippen molar-refractivity contribution < 1.29 is 24.5 Å². The van der Waals surface area contributed by atoms with E-state index < -0.39 is 11.6 Å². The summed E-state index contributed by atoms with van der Waals surface area (Å²) in [6.45, 7) is 0. The fourth-order valence-electron chi connectivity index (χ4n) is 3.86. The second-order valence-electron chi connectivity index (χ2n) is 6.76. The Morgan fingerprint density at radius 1 is 0.862 bits per heavy atom. The summed E-state index contributed by atoms with van der Waals surface area (Å²) < 4.78 is 11.8. The molecule has 0 unspecified atom stereocenters. The fourth-order valence-corrected chi connectivity index (χ4v) is 4.19. The zero-order chi connectivity index (χ0) is 20.7. The van der Waals surface area contributed by atoms with Crippen molar-refractivity contribution >= 4 is 40.5 Å². The molecular weight excluding hydrogens is 419 g/mol. The first-order valence-corrected chi connectivity index (χ1v) is 9.15. The van der Waals surface area contributed by atoms with Gasteiger partial charge >= 0.3 is 5.97 Å². The maximum absolute atomic E-state index is 12.9. The molecule has 0 fully saturated rings. The lowest BCUT2D eigenvalue weighted by molar-refractivity contribution is 0.0224. The van der Waals surface area contributed by atoms with Crippen molar-refractivity contribution in [3.8, 4) is 23.0 Å². The minimum Gasteiger partial charge on any atom is -0.506 e. The van der Waals surface area contributed by atoms with Crippen molar-refractivity contribution in [1.29, 1.82) is 0 Å². The van der Waals surface area contributed by atoms with Crippen molar-refractivity contribution in [2.75, 3.05) is 11.5 Å². The molecule has 5 rings (SSSR count). The first kappa shape index (κ1) is 17.8. The lowest BCUT2D eigenvalue weighted by atomic mass is 9.77. The molecule has 1 spiro atoms. The minimum atomic E-state index is -1.51. The molecule has 9 heteroatoms. The molecule has 0 saturated heterocycles. The smallest absolute Gasteiger partial charge is 0.342 e. The number of fused-ring (bicyclic) bond motifs is 6. The highest BCUT2D eigenvalue weighted by molar-refractivity contribution is 6.32. The zero-order valence-electron chi connectivity index (χ0n) is 14.5. The Hall–Kier alpha value is -3.29. The third-order valence-corrected chi connectivity index (χ3v) is 5.79. The van der Waals surface area contributed by atoms with E-state index in [0.29, 0.717) is 16.7 Å². The lowest BCUT2D eigenvalue weighted by Crippen LogP contribution is -2.33. The highest BCUT2D eigenvalue weighted by Crippen LogP contribution is 2.59. The summed E-state index contributed by atoms with van der Waals surface area (Å²) in [6, 6.07) is 8.71. The molecule has 29 heavy (non-hydrogen) atoms. The third-order valence-electron chi connectivity index (χ3n) is 5.19. The van der Waals surface area contributed by atoms with Gasteiger partial charge in [0.1, 0.15) is 23.0 Å². The Bertz CT molecular complexity index is 1200. The molecule has 3 aromatic carbocycles. The van der Waals surface area contributed by atoms with Crippen LogP contribution in [-0.4, -0.2) is 16.2 Å². The Labute approximate surface area is 174 Å². The topological polar surface area (TPSA) is 128 Å². The minimum absolute atomic E-state index is 0.0352. The maximum atomic E-state index is 12.9. The average Bonchev–Trinajstić information content (AvgIpc) is 2.96. The van der Waals surface area contributed by atoms with Gasteiger partial charge in [-0.25, -0.2) is 4.79 Å². The van der Waals surface area contributed by atoms with Crippen LogP contribution in [0.4, 0.5) is 11.4 Å². The largest absolute Gasteiger partial charge is 0.506 e. The summed E-state index contributed by atoms with van der Waals surface area (Å²) in [5, 5.41) is 20.2. The highest BCUT2D eigenvalue weighted by Gasteiger charge is 2.55. The van der Waals surface area contributed by atoms with E-state index in [1.807, 2.05) is 0 Å². The van der Waals surface area contributed by atoms with E-state index >= 15 is 0 Å². The number of hydrogen-bond acceptors (Lipinski definition) is 7. The number of ether oxygens (including phenoxy) is 2. The Balaban J connectivity index is 1.95. The zero-order valence-corrected chi connectivity index (χ0v) is 16.0. The Morgan fingerprint density at radius 3 is 1.97 bits per heavy atom. The van der Waals surface area contributed by atoms with Gasteiger partial charge in [0, 0.05) is 28.8 Å². The number of anilines is 2. The fraction of sp³-hybridized carbons (Fsp3) is 0.0500. The maximum Gasteiger partial charge on any atom is 0.342 e. The molecule has 2 aliphatic rings. The van der Waals surface area contributed by atoms with Gasteiger partial charge in [0.15, 0.2) is 5.60 Å². The highest BCUT2D eigenvalue weighted by atomic mass is 35.5. The average molecular weight is 431 g/mol. The molecule has 0 bridgehead atoms. The van der Waals surface area contributed by atoms with Crippen molar-refractivity contribution in [3.63, 3.8) is 0 Å². The first-order chi connectivity index (χ1) is 13.7. The Kier molecular flexibility index (Phi) is 3.45. The molecule has 2 aliphatic heterocycles. The number of esters is 1. The molecule has 146 valence electrons. The summed E-state index contributed by atoms with van der Waals surface area (Å²) >= 11 is 12.3. The molecule has 7 nitrogen and oxygen atoms in total. The molecule has 0 amide bonds. The third kappa shape index (κ3) is 2.17. The number of rotatable bonds is 0. The van der Waals surface area contributed by atoms with Gasteiger partial charge in [0.2, 0.25) is 0 Å². The SMILES string of the molecule is Nc1ccc2c(c1N)C(=O)OC21c2cc(Cl)c(O)cc2Oc2cc(O)c(Cl)cc21. The van der Waals surface area contributed by atoms with E-state index in [0.717, 1.165) is 0 Å². The number of halogens is 2. The quantitative estimate of drug-likeness (QED) is 0.311. The number of nitrogens with two attached hydrogens (primary N) is 2. The second kappa shape index (κ2) is 5.62. The standard InChI is InChI=1S/C20H12Cl2N2O5/c21-10-3-8-15(5-13(10)25)28-16-6-14(26)11(22)4-9(16)20(8)7-1-2-12(23)18(24)17(7)19(27)29-20/h1-6,25-26H,23-24H2. The molecule has 0 aromatic heterocycles. The monoisotopic (exact) mass is 430 g/mol. The number of phenolic OH excluding ortho intramolecular Hbond substituents is 2. The van der Waals surface area contributed by atoms with Gasteiger partial charge in [-0.05, 0) is 18.2 Å². The summed E-state index contributed by atoms with van der Waals surface area (Å²) in [6.07, 6.45) is 0. The number of carbonyl (C=O) groups excluding carboxylic acids is 1. The molecule has 0 radical (unpaired) electrons.